The van der Waals surface area contributed by atoms with Crippen LogP contribution in [0, 0.1) is 6.92 Å². The number of benzene rings is 1. The van der Waals surface area contributed by atoms with Crippen LogP contribution < -0.4 is 5.56 Å². The van der Waals surface area contributed by atoms with E-state index in [0.717, 1.165) is 51.5 Å². The molecule has 150 valence electrons. The predicted molar refractivity (Wildman–Crippen MR) is 114 cm³/mol. The van der Waals surface area contributed by atoms with Crippen molar-refractivity contribution in [2.75, 3.05) is 0 Å². The van der Waals surface area contributed by atoms with E-state index in [9.17, 15) is 14.7 Å². The normalized spacial score (nSPS) is 16.4. The summed E-state index contributed by atoms with van der Waals surface area (Å²) in [5.41, 5.74) is 6.52. The molecule has 0 bridgehead atoms. The fourth-order valence-electron chi connectivity index (χ4n) is 4.65. The van der Waals surface area contributed by atoms with Crippen molar-refractivity contribution < 1.29 is 9.90 Å². The summed E-state index contributed by atoms with van der Waals surface area (Å²) in [6, 6.07) is 9.81. The van der Waals surface area contributed by atoms with Crippen molar-refractivity contribution in [3.8, 4) is 11.1 Å². The quantitative estimate of drug-likeness (QED) is 0.525. The number of nitrogens with zero attached hydrogens (tertiary/aromatic N) is 2. The van der Waals surface area contributed by atoms with Crippen LogP contribution in [-0.2, 0) is 0 Å². The minimum Gasteiger partial charge on any atom is -0.477 e. The van der Waals surface area contributed by atoms with Crippen LogP contribution in [0.25, 0.3) is 27.5 Å². The highest BCUT2D eigenvalue weighted by Gasteiger charge is 2.30. The van der Waals surface area contributed by atoms with Gasteiger partial charge in [0.25, 0.3) is 5.56 Å². The predicted octanol–water partition coefficient (Wildman–Crippen LogP) is 4.60. The van der Waals surface area contributed by atoms with Gasteiger partial charge in [-0.25, -0.2) is 4.79 Å². The first-order valence-electron chi connectivity index (χ1n) is 10.4. The van der Waals surface area contributed by atoms with Gasteiger partial charge in [0, 0.05) is 23.2 Å². The van der Waals surface area contributed by atoms with Crippen molar-refractivity contribution in [1.29, 1.82) is 0 Å². The van der Waals surface area contributed by atoms with Gasteiger partial charge < -0.3 is 5.11 Å². The Balaban J connectivity index is 1.60. The summed E-state index contributed by atoms with van der Waals surface area (Å²) in [6.07, 6.45) is 6.19. The zero-order valence-electron chi connectivity index (χ0n) is 16.6. The Morgan fingerprint density at radius 2 is 1.90 bits per heavy atom. The molecule has 6 heteroatoms. The first kappa shape index (κ1) is 17.4. The number of aromatic amines is 1. The first-order valence-corrected chi connectivity index (χ1v) is 10.4. The number of carboxylic acids is 1. The van der Waals surface area contributed by atoms with E-state index < -0.39 is 11.5 Å². The zero-order valence-corrected chi connectivity index (χ0v) is 16.6. The maximum Gasteiger partial charge on any atom is 0.341 e. The lowest BCUT2D eigenvalue weighted by molar-refractivity contribution is 0.0694. The molecule has 3 aromatic heterocycles. The molecule has 2 fully saturated rings. The van der Waals surface area contributed by atoms with Crippen LogP contribution in [0.5, 0.6) is 0 Å². The van der Waals surface area contributed by atoms with Gasteiger partial charge in [0.15, 0.2) is 0 Å². The Bertz CT molecular complexity index is 1420. The summed E-state index contributed by atoms with van der Waals surface area (Å²) in [5, 5.41) is 18.3. The second-order valence-electron chi connectivity index (χ2n) is 8.61. The number of hydrogen-bond acceptors (Lipinski definition) is 3. The van der Waals surface area contributed by atoms with Crippen molar-refractivity contribution in [2.24, 2.45) is 0 Å². The van der Waals surface area contributed by atoms with E-state index in [-0.39, 0.29) is 5.56 Å². The van der Waals surface area contributed by atoms with Crippen molar-refractivity contribution >= 4 is 22.4 Å². The van der Waals surface area contributed by atoms with Crippen molar-refractivity contribution in [1.82, 2.24) is 14.6 Å². The molecule has 2 aliphatic rings. The summed E-state index contributed by atoms with van der Waals surface area (Å²) in [4.78, 5) is 24.4. The zero-order chi connectivity index (χ0) is 20.6. The van der Waals surface area contributed by atoms with Crippen LogP contribution in [0.1, 0.15) is 64.7 Å². The molecule has 6 rings (SSSR count). The Morgan fingerprint density at radius 3 is 2.60 bits per heavy atom. The van der Waals surface area contributed by atoms with E-state index in [4.69, 9.17) is 0 Å². The maximum absolute atomic E-state index is 12.8. The summed E-state index contributed by atoms with van der Waals surface area (Å²) >= 11 is 0. The Labute approximate surface area is 172 Å². The third-order valence-electron chi connectivity index (χ3n) is 6.54. The standard InChI is InChI=1S/C24H21N3O3/c1-12-16(15-6-7-20-18(10-15)21(26-25-20)14-4-5-14)8-9-27-22(12)17(13-2-3-13)11-19(23(27)28)24(29)30/h6-11,13-14H,2-5H2,1H3,(H,25,26)(H,29,30). The summed E-state index contributed by atoms with van der Waals surface area (Å²) < 4.78 is 1.52. The van der Waals surface area contributed by atoms with Crippen molar-refractivity contribution in [2.45, 2.75) is 44.4 Å². The number of aromatic nitrogens is 3. The average Bonchev–Trinajstić information content (AvgIpc) is 3.66. The second kappa shape index (κ2) is 6.05. The smallest absolute Gasteiger partial charge is 0.341 e. The molecule has 3 heterocycles. The van der Waals surface area contributed by atoms with Crippen LogP contribution in [0.3, 0.4) is 0 Å². The fraction of sp³-hybridized carbons (Fsp3) is 0.292. The van der Waals surface area contributed by atoms with Crippen molar-refractivity contribution in [3.05, 3.63) is 69.3 Å². The number of fused-ring (bicyclic) bond motifs is 2. The molecule has 0 saturated heterocycles. The van der Waals surface area contributed by atoms with Gasteiger partial charge in [-0.05, 0) is 85.0 Å². The van der Waals surface area contributed by atoms with E-state index in [1.807, 2.05) is 19.1 Å². The van der Waals surface area contributed by atoms with Crippen LogP contribution >= 0.6 is 0 Å². The topological polar surface area (TPSA) is 87.5 Å². The number of carboxylic acid groups (broad SMARTS) is 1. The van der Waals surface area contributed by atoms with E-state index in [1.165, 1.54) is 22.9 Å². The highest BCUT2D eigenvalue weighted by Crippen LogP contribution is 2.44. The van der Waals surface area contributed by atoms with Gasteiger partial charge in [0.05, 0.1) is 11.0 Å². The summed E-state index contributed by atoms with van der Waals surface area (Å²) in [5.74, 6) is -0.265. The van der Waals surface area contributed by atoms with E-state index >= 15 is 0 Å². The Hall–Kier alpha value is -3.41. The minimum atomic E-state index is -1.17. The van der Waals surface area contributed by atoms with Gasteiger partial charge in [-0.2, -0.15) is 5.10 Å². The number of carbonyl (C=O) groups is 1. The van der Waals surface area contributed by atoms with Gasteiger partial charge in [-0.15, -0.1) is 0 Å². The van der Waals surface area contributed by atoms with Gasteiger partial charge in [0.2, 0.25) is 0 Å². The lowest BCUT2D eigenvalue weighted by atomic mass is 9.95. The van der Waals surface area contributed by atoms with Crippen LogP contribution in [0.15, 0.2) is 41.3 Å². The fourth-order valence-corrected chi connectivity index (χ4v) is 4.65. The van der Waals surface area contributed by atoms with Crippen molar-refractivity contribution in [3.63, 3.8) is 0 Å². The third kappa shape index (κ3) is 2.53. The summed E-state index contributed by atoms with van der Waals surface area (Å²) in [6.45, 7) is 2.03. The molecule has 2 saturated carbocycles. The first-order chi connectivity index (χ1) is 14.5. The number of nitrogens with one attached hydrogen (secondary N) is 1. The maximum atomic E-state index is 12.8. The molecular formula is C24H21N3O3. The van der Waals surface area contributed by atoms with E-state index in [0.29, 0.717) is 11.8 Å². The molecule has 0 spiro atoms. The largest absolute Gasteiger partial charge is 0.477 e. The van der Waals surface area contributed by atoms with Crippen LogP contribution in [0.4, 0.5) is 0 Å². The molecular weight excluding hydrogens is 378 g/mol. The Kier molecular flexibility index (Phi) is 3.52. The van der Waals surface area contributed by atoms with E-state index in [2.05, 4.69) is 22.3 Å². The number of rotatable bonds is 4. The molecule has 0 aliphatic heterocycles. The molecule has 0 amide bonds. The molecule has 0 unspecified atom stereocenters. The summed E-state index contributed by atoms with van der Waals surface area (Å²) in [7, 11) is 0. The van der Waals surface area contributed by atoms with Gasteiger partial charge in [0.1, 0.15) is 5.56 Å². The monoisotopic (exact) mass is 399 g/mol. The lowest BCUT2D eigenvalue weighted by Gasteiger charge is -2.15. The molecule has 2 aliphatic carbocycles. The van der Waals surface area contributed by atoms with E-state index in [1.54, 1.807) is 12.3 Å². The molecule has 0 atom stereocenters. The highest BCUT2D eigenvalue weighted by atomic mass is 16.4. The van der Waals surface area contributed by atoms with Gasteiger partial charge >= 0.3 is 5.97 Å². The average molecular weight is 399 g/mol. The molecule has 6 nitrogen and oxygen atoms in total. The molecule has 0 radical (unpaired) electrons. The van der Waals surface area contributed by atoms with Crippen LogP contribution in [0.2, 0.25) is 0 Å². The number of pyridine rings is 2. The third-order valence-corrected chi connectivity index (χ3v) is 6.54. The Morgan fingerprint density at radius 1 is 1.13 bits per heavy atom. The highest BCUT2D eigenvalue weighted by molar-refractivity contribution is 5.91. The number of hydrogen-bond donors (Lipinski definition) is 2. The molecule has 30 heavy (non-hydrogen) atoms. The number of aryl methyl sites for hydroxylation is 1. The van der Waals surface area contributed by atoms with Gasteiger partial charge in [-0.3, -0.25) is 14.3 Å². The molecule has 2 N–H and O–H groups in total. The van der Waals surface area contributed by atoms with Crippen LogP contribution in [-0.4, -0.2) is 25.7 Å². The molecule has 1 aromatic carbocycles. The lowest BCUT2D eigenvalue weighted by Crippen LogP contribution is -2.23. The number of aromatic carboxylic acids is 1. The number of H-pyrrole nitrogens is 1. The SMILES string of the molecule is Cc1c(-c2ccc3n[nH]c(C4CC4)c3c2)ccn2c(=O)c(C(=O)O)cc(C3CC3)c12. The van der Waals surface area contributed by atoms with Gasteiger partial charge in [-0.1, -0.05) is 6.07 Å². The minimum absolute atomic E-state index is 0.157. The second-order valence-corrected chi connectivity index (χ2v) is 8.61. The molecule has 4 aromatic rings.